The number of nitrogens with one attached hydrogen (secondary N) is 1. The summed E-state index contributed by atoms with van der Waals surface area (Å²) in [6, 6.07) is 3.37. The molecule has 21 heavy (non-hydrogen) atoms. The van der Waals surface area contributed by atoms with Crippen molar-refractivity contribution in [3.8, 4) is 5.75 Å². The number of halogens is 5. The number of anilines is 1. The lowest BCUT2D eigenvalue weighted by Gasteiger charge is -2.14. The van der Waals surface area contributed by atoms with E-state index in [9.17, 15) is 21.6 Å². The predicted molar refractivity (Wildman–Crippen MR) is 78.1 cm³/mol. The van der Waals surface area contributed by atoms with Crippen molar-refractivity contribution in [2.75, 3.05) is 16.4 Å². The van der Waals surface area contributed by atoms with E-state index in [0.29, 0.717) is 0 Å². The summed E-state index contributed by atoms with van der Waals surface area (Å²) in [5.41, 5.74) is 0.123. The molecule has 1 unspecified atom stereocenters. The number of ether oxygens (including phenoxy) is 1. The van der Waals surface area contributed by atoms with E-state index in [4.69, 9.17) is 11.6 Å². The highest BCUT2D eigenvalue weighted by atomic mass is 79.9. The van der Waals surface area contributed by atoms with Crippen LogP contribution >= 0.6 is 27.5 Å². The Labute approximate surface area is 133 Å². The van der Waals surface area contributed by atoms with Gasteiger partial charge in [-0.05, 0) is 40.0 Å². The fraction of sp³-hybridized carbons (Fsp3) is 0.455. The van der Waals surface area contributed by atoms with Gasteiger partial charge in [-0.1, -0.05) is 6.92 Å². The molecular formula is C11H12BrClF3NO3S. The maximum absolute atomic E-state index is 12.1. The summed E-state index contributed by atoms with van der Waals surface area (Å²) >= 11 is 8.44. The van der Waals surface area contributed by atoms with E-state index in [1.54, 1.807) is 6.92 Å². The summed E-state index contributed by atoms with van der Waals surface area (Å²) in [7, 11) is -3.63. The summed E-state index contributed by atoms with van der Waals surface area (Å²) in [6.45, 7) is 1.67. The Morgan fingerprint density at radius 3 is 2.52 bits per heavy atom. The minimum absolute atomic E-state index is 0.0228. The summed E-state index contributed by atoms with van der Waals surface area (Å²) < 4.78 is 65.9. The van der Waals surface area contributed by atoms with Crippen molar-refractivity contribution in [2.45, 2.75) is 13.3 Å². The Balaban J connectivity index is 2.85. The molecule has 0 saturated carbocycles. The fourth-order valence-electron chi connectivity index (χ4n) is 1.41. The van der Waals surface area contributed by atoms with E-state index in [-0.39, 0.29) is 27.7 Å². The highest BCUT2D eigenvalue weighted by molar-refractivity contribution is 9.10. The van der Waals surface area contributed by atoms with Crippen LogP contribution in [-0.4, -0.2) is 26.4 Å². The lowest BCUT2D eigenvalue weighted by Crippen LogP contribution is -2.22. The third-order valence-electron chi connectivity index (χ3n) is 2.20. The molecule has 0 aliphatic heterocycles. The van der Waals surface area contributed by atoms with E-state index in [1.807, 2.05) is 0 Å². The highest BCUT2D eigenvalue weighted by Crippen LogP contribution is 2.32. The minimum atomic E-state index is -4.82. The largest absolute Gasteiger partial charge is 0.573 e. The molecular weight excluding hydrogens is 399 g/mol. The zero-order valence-corrected chi connectivity index (χ0v) is 13.9. The first kappa shape index (κ1) is 18.4. The first-order valence-corrected chi connectivity index (χ1v) is 8.62. The van der Waals surface area contributed by atoms with Gasteiger partial charge in [0.1, 0.15) is 5.75 Å². The van der Waals surface area contributed by atoms with Crippen molar-refractivity contribution in [3.05, 3.63) is 22.7 Å². The molecule has 0 spiro atoms. The van der Waals surface area contributed by atoms with Crippen LogP contribution < -0.4 is 9.46 Å². The molecule has 1 N–H and O–H groups in total. The highest BCUT2D eigenvalue weighted by Gasteiger charge is 2.32. The Bertz CT molecular complexity index is 595. The Morgan fingerprint density at radius 2 is 2.05 bits per heavy atom. The van der Waals surface area contributed by atoms with Crippen molar-refractivity contribution in [2.24, 2.45) is 5.92 Å². The quantitative estimate of drug-likeness (QED) is 0.722. The Hall–Kier alpha value is -0.670. The normalized spacial score (nSPS) is 13.8. The lowest BCUT2D eigenvalue weighted by atomic mass is 10.3. The number of hydrogen-bond acceptors (Lipinski definition) is 3. The topological polar surface area (TPSA) is 55.4 Å². The molecule has 1 atom stereocenters. The lowest BCUT2D eigenvalue weighted by molar-refractivity contribution is -0.274. The van der Waals surface area contributed by atoms with Crippen LogP contribution in [0.5, 0.6) is 5.75 Å². The molecule has 1 aromatic carbocycles. The van der Waals surface area contributed by atoms with Crippen molar-refractivity contribution in [1.82, 2.24) is 0 Å². The third kappa shape index (κ3) is 6.75. The molecule has 120 valence electrons. The molecule has 1 rings (SSSR count). The molecule has 0 aromatic heterocycles. The van der Waals surface area contributed by atoms with Gasteiger partial charge in [-0.2, -0.15) is 0 Å². The number of sulfonamides is 1. The number of benzene rings is 1. The standard InChI is InChI=1S/C11H12BrClF3NO3S/c1-7(5-13)6-21(18,19)17-8-2-3-10(9(12)4-8)20-11(14,15)16/h2-4,7,17H,5-6H2,1H3. The SMILES string of the molecule is CC(CCl)CS(=O)(=O)Nc1ccc(OC(F)(F)F)c(Br)c1. The smallest absolute Gasteiger partial charge is 0.405 e. The van der Waals surface area contributed by atoms with Gasteiger partial charge in [0.05, 0.1) is 10.2 Å². The van der Waals surface area contributed by atoms with Crippen LogP contribution in [0.4, 0.5) is 18.9 Å². The van der Waals surface area contributed by atoms with E-state index in [0.717, 1.165) is 6.07 Å². The molecule has 10 heteroatoms. The number of alkyl halides is 4. The Morgan fingerprint density at radius 1 is 1.43 bits per heavy atom. The molecule has 0 aliphatic carbocycles. The van der Waals surface area contributed by atoms with E-state index in [1.165, 1.54) is 12.1 Å². The zero-order chi connectivity index (χ0) is 16.3. The van der Waals surface area contributed by atoms with Crippen molar-refractivity contribution >= 4 is 43.2 Å². The van der Waals surface area contributed by atoms with Gasteiger partial charge in [-0.15, -0.1) is 24.8 Å². The second-order valence-corrected chi connectivity index (χ2v) is 7.27. The van der Waals surface area contributed by atoms with E-state index < -0.39 is 22.1 Å². The van der Waals surface area contributed by atoms with Gasteiger partial charge in [0.15, 0.2) is 0 Å². The van der Waals surface area contributed by atoms with Gasteiger partial charge in [-0.25, -0.2) is 8.42 Å². The molecule has 0 amide bonds. The summed E-state index contributed by atoms with van der Waals surface area (Å²) in [4.78, 5) is 0. The molecule has 1 aromatic rings. The maximum atomic E-state index is 12.1. The average molecular weight is 411 g/mol. The molecule has 0 heterocycles. The van der Waals surface area contributed by atoms with Crippen LogP contribution in [0, 0.1) is 5.92 Å². The van der Waals surface area contributed by atoms with Gasteiger partial charge in [0, 0.05) is 11.6 Å². The van der Waals surface area contributed by atoms with E-state index in [2.05, 4.69) is 25.4 Å². The van der Waals surface area contributed by atoms with E-state index >= 15 is 0 Å². The minimum Gasteiger partial charge on any atom is -0.405 e. The Kier molecular flexibility index (Phi) is 6.18. The molecule has 0 radical (unpaired) electrons. The van der Waals surface area contributed by atoms with Crippen LogP contribution in [0.3, 0.4) is 0 Å². The first-order chi connectivity index (χ1) is 9.52. The molecule has 0 fully saturated rings. The van der Waals surface area contributed by atoms with Crippen LogP contribution in [-0.2, 0) is 10.0 Å². The average Bonchev–Trinajstić information content (AvgIpc) is 2.30. The summed E-state index contributed by atoms with van der Waals surface area (Å²) in [5, 5.41) is 0. The van der Waals surface area contributed by atoms with Gasteiger partial charge >= 0.3 is 6.36 Å². The summed E-state index contributed by atoms with van der Waals surface area (Å²) in [6.07, 6.45) is -4.82. The fourth-order valence-corrected chi connectivity index (χ4v) is 3.55. The van der Waals surface area contributed by atoms with Crippen LogP contribution in [0.2, 0.25) is 0 Å². The van der Waals surface area contributed by atoms with Gasteiger partial charge in [0.2, 0.25) is 10.0 Å². The monoisotopic (exact) mass is 409 g/mol. The van der Waals surface area contributed by atoms with Crippen LogP contribution in [0.25, 0.3) is 0 Å². The van der Waals surface area contributed by atoms with Gasteiger partial charge in [-0.3, -0.25) is 4.72 Å². The molecule has 0 aliphatic rings. The van der Waals surface area contributed by atoms with Crippen LogP contribution in [0.15, 0.2) is 22.7 Å². The van der Waals surface area contributed by atoms with Crippen LogP contribution in [0.1, 0.15) is 6.92 Å². The summed E-state index contributed by atoms with van der Waals surface area (Å²) in [5.74, 6) is -0.710. The van der Waals surface area contributed by atoms with Crippen molar-refractivity contribution in [1.29, 1.82) is 0 Å². The zero-order valence-electron chi connectivity index (χ0n) is 10.7. The second kappa shape index (κ2) is 7.06. The number of rotatable bonds is 6. The first-order valence-electron chi connectivity index (χ1n) is 5.64. The van der Waals surface area contributed by atoms with Gasteiger partial charge < -0.3 is 4.74 Å². The number of hydrogen-bond donors (Lipinski definition) is 1. The molecule has 0 bridgehead atoms. The van der Waals surface area contributed by atoms with Crippen molar-refractivity contribution < 1.29 is 26.3 Å². The maximum Gasteiger partial charge on any atom is 0.573 e. The third-order valence-corrected chi connectivity index (χ3v) is 4.90. The second-order valence-electron chi connectivity index (χ2n) is 4.34. The molecule has 4 nitrogen and oxygen atoms in total. The van der Waals surface area contributed by atoms with Gasteiger partial charge in [0.25, 0.3) is 0 Å². The van der Waals surface area contributed by atoms with Crippen molar-refractivity contribution in [3.63, 3.8) is 0 Å². The predicted octanol–water partition coefficient (Wildman–Crippen LogP) is 3.96. The molecule has 0 saturated heterocycles.